The van der Waals surface area contributed by atoms with Gasteiger partial charge in [0.05, 0.1) is 24.9 Å². The van der Waals surface area contributed by atoms with Crippen molar-refractivity contribution < 1.29 is 14.3 Å². The van der Waals surface area contributed by atoms with Crippen LogP contribution >= 0.6 is 0 Å². The molecule has 5 heteroatoms. The molecule has 0 unspecified atom stereocenters. The normalized spacial score (nSPS) is 18.8. The van der Waals surface area contributed by atoms with Crippen LogP contribution in [0, 0.1) is 0 Å². The average molecular weight is 320 g/mol. The Balaban J connectivity index is 1.84. The Kier molecular flexibility index (Phi) is 6.02. The molecule has 1 N–H and O–H groups in total. The molecule has 1 aliphatic heterocycles. The van der Waals surface area contributed by atoms with Crippen LogP contribution in [0.25, 0.3) is 0 Å². The summed E-state index contributed by atoms with van der Waals surface area (Å²) in [6.45, 7) is 11.1. The third-order valence-electron chi connectivity index (χ3n) is 3.64. The van der Waals surface area contributed by atoms with Gasteiger partial charge in [-0.2, -0.15) is 0 Å². The van der Waals surface area contributed by atoms with Crippen molar-refractivity contribution in [3.63, 3.8) is 0 Å². The summed E-state index contributed by atoms with van der Waals surface area (Å²) < 4.78 is 11.2. The lowest BCUT2D eigenvalue weighted by atomic mass is 10.1. The smallest absolute Gasteiger partial charge is 0.317 e. The topological polar surface area (TPSA) is 50.8 Å². The number of urea groups is 1. The van der Waals surface area contributed by atoms with Gasteiger partial charge in [-0.15, -0.1) is 0 Å². The Morgan fingerprint density at radius 3 is 2.83 bits per heavy atom. The highest BCUT2D eigenvalue weighted by Crippen LogP contribution is 2.13. The fourth-order valence-corrected chi connectivity index (χ4v) is 2.42. The summed E-state index contributed by atoms with van der Waals surface area (Å²) >= 11 is 0. The molecule has 2 rings (SSSR count). The number of amides is 2. The molecule has 1 heterocycles. The van der Waals surface area contributed by atoms with E-state index >= 15 is 0 Å². The average Bonchev–Trinajstić information content (AvgIpc) is 2.50. The number of morpholine rings is 1. The van der Waals surface area contributed by atoms with Gasteiger partial charge in [0, 0.05) is 19.6 Å². The largest absolute Gasteiger partial charge is 0.375 e. The van der Waals surface area contributed by atoms with Gasteiger partial charge in [0.15, 0.2) is 0 Å². The number of rotatable bonds is 4. The second-order valence-electron chi connectivity index (χ2n) is 7.01. The molecule has 0 aromatic heterocycles. The Labute approximate surface area is 139 Å². The zero-order valence-corrected chi connectivity index (χ0v) is 14.6. The second-order valence-corrected chi connectivity index (χ2v) is 7.01. The van der Waals surface area contributed by atoms with Crippen LogP contribution in [0.15, 0.2) is 24.3 Å². The van der Waals surface area contributed by atoms with E-state index < -0.39 is 0 Å². The molecule has 128 valence electrons. The molecular weight excluding hydrogens is 292 g/mol. The van der Waals surface area contributed by atoms with Crippen molar-refractivity contribution in [1.29, 1.82) is 0 Å². The van der Waals surface area contributed by atoms with Gasteiger partial charge in [0.1, 0.15) is 0 Å². The number of hydrogen-bond donors (Lipinski definition) is 1. The number of nitrogens with zero attached hydrogens (tertiary/aromatic N) is 1. The molecule has 1 saturated heterocycles. The van der Waals surface area contributed by atoms with Crippen LogP contribution in [-0.4, -0.2) is 42.3 Å². The first-order valence-electron chi connectivity index (χ1n) is 8.19. The van der Waals surface area contributed by atoms with Crippen LogP contribution in [-0.2, 0) is 22.6 Å². The lowest BCUT2D eigenvalue weighted by Crippen LogP contribution is -2.48. The molecule has 0 radical (unpaired) electrons. The zero-order chi connectivity index (χ0) is 16.9. The van der Waals surface area contributed by atoms with Crippen LogP contribution in [0.3, 0.4) is 0 Å². The molecule has 0 bridgehead atoms. The van der Waals surface area contributed by atoms with E-state index in [0.717, 1.165) is 11.1 Å². The van der Waals surface area contributed by atoms with Crippen LogP contribution in [0.5, 0.6) is 0 Å². The first kappa shape index (κ1) is 17.8. The molecule has 23 heavy (non-hydrogen) atoms. The first-order valence-corrected chi connectivity index (χ1v) is 8.19. The van der Waals surface area contributed by atoms with E-state index in [4.69, 9.17) is 9.47 Å². The highest BCUT2D eigenvalue weighted by atomic mass is 16.5. The molecule has 1 aliphatic rings. The lowest BCUT2D eigenvalue weighted by Gasteiger charge is -2.31. The van der Waals surface area contributed by atoms with Crippen LogP contribution in [0.1, 0.15) is 38.8 Å². The summed E-state index contributed by atoms with van der Waals surface area (Å²) in [5, 5.41) is 2.98. The minimum Gasteiger partial charge on any atom is -0.375 e. The first-order chi connectivity index (χ1) is 10.8. The van der Waals surface area contributed by atoms with E-state index in [1.165, 1.54) is 0 Å². The molecule has 1 aromatic rings. The predicted octanol–water partition coefficient (Wildman–Crippen LogP) is 2.93. The van der Waals surface area contributed by atoms with Gasteiger partial charge in [0.25, 0.3) is 0 Å². The molecular formula is C18H28N2O3. The van der Waals surface area contributed by atoms with E-state index in [2.05, 4.69) is 11.4 Å². The monoisotopic (exact) mass is 320 g/mol. The van der Waals surface area contributed by atoms with Crippen molar-refractivity contribution in [3.8, 4) is 0 Å². The van der Waals surface area contributed by atoms with Crippen molar-refractivity contribution in [2.45, 2.75) is 52.6 Å². The Hall–Kier alpha value is -1.59. The quantitative estimate of drug-likeness (QED) is 0.928. The molecule has 0 aliphatic carbocycles. The molecule has 1 aromatic carbocycles. The van der Waals surface area contributed by atoms with Gasteiger partial charge in [-0.05, 0) is 38.8 Å². The third kappa shape index (κ3) is 6.20. The summed E-state index contributed by atoms with van der Waals surface area (Å²) in [5.41, 5.74) is 2.04. The highest BCUT2D eigenvalue weighted by Gasteiger charge is 2.20. The maximum atomic E-state index is 12.2. The summed E-state index contributed by atoms with van der Waals surface area (Å²) in [7, 11) is 0. The summed E-state index contributed by atoms with van der Waals surface area (Å²) in [4.78, 5) is 14.0. The van der Waals surface area contributed by atoms with Crippen LogP contribution in [0.4, 0.5) is 4.79 Å². The minimum absolute atomic E-state index is 0.0310. The van der Waals surface area contributed by atoms with Crippen molar-refractivity contribution in [1.82, 2.24) is 10.2 Å². The number of hydrogen-bond acceptors (Lipinski definition) is 3. The van der Waals surface area contributed by atoms with E-state index in [-0.39, 0.29) is 17.7 Å². The number of carbonyl (C=O) groups excluding carboxylic acids is 1. The minimum atomic E-state index is -0.156. The van der Waals surface area contributed by atoms with E-state index in [9.17, 15) is 4.79 Å². The Morgan fingerprint density at radius 2 is 2.13 bits per heavy atom. The third-order valence-corrected chi connectivity index (χ3v) is 3.64. The summed E-state index contributed by atoms with van der Waals surface area (Å²) in [5.74, 6) is 0. The molecule has 0 spiro atoms. The second kappa shape index (κ2) is 7.79. The van der Waals surface area contributed by atoms with Crippen molar-refractivity contribution in [2.24, 2.45) is 0 Å². The fourth-order valence-electron chi connectivity index (χ4n) is 2.42. The molecule has 1 atom stereocenters. The summed E-state index contributed by atoms with van der Waals surface area (Å²) in [6, 6.07) is 8.11. The fraction of sp³-hybridized carbons (Fsp3) is 0.611. The molecule has 5 nitrogen and oxygen atoms in total. The van der Waals surface area contributed by atoms with Crippen LogP contribution in [0.2, 0.25) is 0 Å². The molecule has 0 saturated carbocycles. The van der Waals surface area contributed by atoms with Gasteiger partial charge >= 0.3 is 6.03 Å². The van der Waals surface area contributed by atoms with Crippen LogP contribution < -0.4 is 5.32 Å². The van der Waals surface area contributed by atoms with Crippen molar-refractivity contribution in [2.75, 3.05) is 19.7 Å². The molecule has 1 fully saturated rings. The Bertz CT molecular complexity index is 525. The Morgan fingerprint density at radius 1 is 1.39 bits per heavy atom. The number of nitrogens with one attached hydrogen (secondary N) is 1. The van der Waals surface area contributed by atoms with Gasteiger partial charge in [-0.3, -0.25) is 0 Å². The summed E-state index contributed by atoms with van der Waals surface area (Å²) in [6.07, 6.45) is 0.104. The van der Waals surface area contributed by atoms with Crippen molar-refractivity contribution >= 4 is 6.03 Å². The van der Waals surface area contributed by atoms with E-state index in [1.807, 2.05) is 45.9 Å². The van der Waals surface area contributed by atoms with Gasteiger partial charge in [-0.1, -0.05) is 24.3 Å². The lowest BCUT2D eigenvalue weighted by molar-refractivity contribution is -0.0149. The van der Waals surface area contributed by atoms with E-state index in [0.29, 0.717) is 32.8 Å². The van der Waals surface area contributed by atoms with E-state index in [1.54, 1.807) is 4.90 Å². The van der Waals surface area contributed by atoms with Gasteiger partial charge in [0.2, 0.25) is 0 Å². The maximum Gasteiger partial charge on any atom is 0.317 e. The standard InChI is InChI=1S/C18H28N2O3/c1-14-12-20(8-9-22-14)17(21)19-11-15-6-5-7-16(10-15)13-23-18(2,3)4/h5-7,10,14H,8-9,11-13H2,1-4H3,(H,19,21)/t14-/m1/s1. The number of ether oxygens (including phenoxy) is 2. The predicted molar refractivity (Wildman–Crippen MR) is 90.2 cm³/mol. The van der Waals surface area contributed by atoms with Crippen molar-refractivity contribution in [3.05, 3.63) is 35.4 Å². The van der Waals surface area contributed by atoms with Gasteiger partial charge in [-0.25, -0.2) is 4.79 Å². The SMILES string of the molecule is C[C@@H]1CN(C(=O)NCc2cccc(COC(C)(C)C)c2)CCO1. The number of carbonyl (C=O) groups is 1. The highest BCUT2D eigenvalue weighted by molar-refractivity contribution is 5.74. The maximum absolute atomic E-state index is 12.2. The number of benzene rings is 1. The van der Waals surface area contributed by atoms with Gasteiger partial charge < -0.3 is 19.7 Å². The zero-order valence-electron chi connectivity index (χ0n) is 14.6. The molecule has 2 amide bonds.